The van der Waals surface area contributed by atoms with Gasteiger partial charge in [-0.15, -0.1) is 0 Å². The van der Waals surface area contributed by atoms with Gasteiger partial charge in [-0.05, 0) is 42.7 Å². The number of hydrogen-bond acceptors (Lipinski definition) is 6. The van der Waals surface area contributed by atoms with Crippen LogP contribution in [0.2, 0.25) is 0 Å². The molecule has 3 rings (SSSR count). The lowest BCUT2D eigenvalue weighted by Gasteiger charge is -2.35. The number of hydrogen-bond donors (Lipinski definition) is 0. The molecule has 22 heavy (non-hydrogen) atoms. The summed E-state index contributed by atoms with van der Waals surface area (Å²) < 4.78 is 9.25. The molecule has 0 N–H and O–H groups in total. The van der Waals surface area contributed by atoms with Crippen molar-refractivity contribution < 1.29 is 9.53 Å². The maximum absolute atomic E-state index is 12.3. The van der Waals surface area contributed by atoms with Crippen LogP contribution in [0.4, 0.5) is 5.69 Å². The molecule has 0 spiro atoms. The Morgan fingerprint density at radius 1 is 1.18 bits per heavy atom. The Hall–Kier alpha value is -2.15. The van der Waals surface area contributed by atoms with Crippen molar-refractivity contribution in [2.45, 2.75) is 6.92 Å². The first-order valence-electron chi connectivity index (χ1n) is 7.16. The van der Waals surface area contributed by atoms with E-state index in [9.17, 15) is 4.79 Å². The lowest BCUT2D eigenvalue weighted by atomic mass is 10.2. The monoisotopic (exact) mass is 318 g/mol. The van der Waals surface area contributed by atoms with Crippen LogP contribution in [-0.4, -0.2) is 53.5 Å². The molecule has 1 fully saturated rings. The van der Waals surface area contributed by atoms with Crippen LogP contribution in [-0.2, 0) is 0 Å². The Bertz CT molecular complexity index is 648. The molecule has 0 aliphatic carbocycles. The maximum Gasteiger partial charge on any atom is 0.284 e. The molecule has 0 saturated carbocycles. The molecule has 2 heterocycles. The van der Waals surface area contributed by atoms with E-state index < -0.39 is 0 Å². The van der Waals surface area contributed by atoms with Crippen LogP contribution in [0.3, 0.4) is 0 Å². The number of anilines is 1. The summed E-state index contributed by atoms with van der Waals surface area (Å²) in [5.74, 6) is 1.49. The average Bonchev–Trinajstić information content (AvgIpc) is 3.01. The van der Waals surface area contributed by atoms with E-state index in [1.807, 2.05) is 29.2 Å². The Morgan fingerprint density at radius 2 is 1.86 bits per heavy atom. The van der Waals surface area contributed by atoms with Crippen LogP contribution in [0, 0.1) is 6.92 Å². The van der Waals surface area contributed by atoms with Crippen molar-refractivity contribution in [2.75, 3.05) is 38.2 Å². The minimum Gasteiger partial charge on any atom is -0.497 e. The molecule has 1 aliphatic rings. The summed E-state index contributed by atoms with van der Waals surface area (Å²) in [5, 5.41) is 0.482. The van der Waals surface area contributed by atoms with Crippen molar-refractivity contribution in [1.82, 2.24) is 14.3 Å². The summed E-state index contributed by atoms with van der Waals surface area (Å²) in [6.07, 6.45) is 0. The van der Waals surface area contributed by atoms with Gasteiger partial charge in [0.15, 0.2) is 0 Å². The first kappa shape index (κ1) is 14.8. The molecule has 1 saturated heterocycles. The van der Waals surface area contributed by atoms with Gasteiger partial charge >= 0.3 is 0 Å². The van der Waals surface area contributed by atoms with Gasteiger partial charge in [-0.3, -0.25) is 4.79 Å². The van der Waals surface area contributed by atoms with Crippen molar-refractivity contribution in [3.05, 3.63) is 35.1 Å². The van der Waals surface area contributed by atoms with E-state index in [1.54, 1.807) is 14.0 Å². The topological polar surface area (TPSA) is 58.6 Å². The molecule has 0 bridgehead atoms. The van der Waals surface area contributed by atoms with Gasteiger partial charge in [-0.1, -0.05) is 0 Å². The first-order valence-corrected chi connectivity index (χ1v) is 7.93. The molecule has 1 aromatic carbocycles. The molecule has 116 valence electrons. The molecule has 0 unspecified atom stereocenters. The normalized spacial score (nSPS) is 15.0. The number of methoxy groups -OCH3 is 1. The third-order valence-corrected chi connectivity index (χ3v) is 4.51. The lowest BCUT2D eigenvalue weighted by Crippen LogP contribution is -2.48. The largest absolute Gasteiger partial charge is 0.497 e. The Balaban J connectivity index is 1.61. The summed E-state index contributed by atoms with van der Waals surface area (Å²) >= 11 is 1.17. The van der Waals surface area contributed by atoms with Crippen LogP contribution in [0.5, 0.6) is 5.75 Å². The van der Waals surface area contributed by atoms with Gasteiger partial charge in [0.05, 0.1) is 7.11 Å². The van der Waals surface area contributed by atoms with E-state index in [0.717, 1.165) is 24.5 Å². The van der Waals surface area contributed by atoms with Crippen LogP contribution in [0.1, 0.15) is 15.6 Å². The predicted octanol–water partition coefficient (Wildman–Crippen LogP) is 1.82. The average molecular weight is 318 g/mol. The van der Waals surface area contributed by atoms with Crippen LogP contribution in [0.15, 0.2) is 24.3 Å². The zero-order valence-electron chi connectivity index (χ0n) is 12.7. The molecule has 0 radical (unpaired) electrons. The van der Waals surface area contributed by atoms with Crippen molar-refractivity contribution >= 4 is 23.1 Å². The van der Waals surface area contributed by atoms with Crippen molar-refractivity contribution in [3.8, 4) is 5.75 Å². The fourth-order valence-corrected chi connectivity index (χ4v) is 3.12. The number of piperazine rings is 1. The second kappa shape index (κ2) is 6.31. The first-order chi connectivity index (χ1) is 10.7. The van der Waals surface area contributed by atoms with E-state index in [4.69, 9.17) is 4.74 Å². The van der Waals surface area contributed by atoms with Crippen molar-refractivity contribution in [3.63, 3.8) is 0 Å². The number of carbonyl (C=O) groups is 1. The summed E-state index contributed by atoms with van der Waals surface area (Å²) in [6, 6.07) is 8.00. The number of carbonyl (C=O) groups excluding carboxylic acids is 1. The number of benzene rings is 1. The van der Waals surface area contributed by atoms with Crippen molar-refractivity contribution in [1.29, 1.82) is 0 Å². The Labute approximate surface area is 133 Å². The van der Waals surface area contributed by atoms with E-state index in [0.29, 0.717) is 23.9 Å². The SMILES string of the molecule is COc1ccc(N2CCN(C(=O)c3nc(C)ns3)CC2)cc1. The number of amides is 1. The fourth-order valence-electron chi connectivity index (χ4n) is 2.48. The van der Waals surface area contributed by atoms with Gasteiger partial charge in [-0.2, -0.15) is 4.37 Å². The minimum absolute atomic E-state index is 0.0139. The fraction of sp³-hybridized carbons (Fsp3) is 0.400. The number of rotatable bonds is 3. The molecule has 1 aromatic heterocycles. The summed E-state index contributed by atoms with van der Waals surface area (Å²) in [7, 11) is 1.66. The highest BCUT2D eigenvalue weighted by atomic mass is 32.1. The van der Waals surface area contributed by atoms with E-state index in [1.165, 1.54) is 11.5 Å². The van der Waals surface area contributed by atoms with Gasteiger partial charge in [0.2, 0.25) is 5.01 Å². The quantitative estimate of drug-likeness (QED) is 0.864. The Kier molecular flexibility index (Phi) is 4.24. The molecule has 1 amide bonds. The molecular formula is C15H18N4O2S. The van der Waals surface area contributed by atoms with Crippen LogP contribution < -0.4 is 9.64 Å². The smallest absolute Gasteiger partial charge is 0.284 e. The molecule has 1 aliphatic heterocycles. The number of ether oxygens (including phenoxy) is 1. The second-order valence-corrected chi connectivity index (χ2v) is 5.88. The van der Waals surface area contributed by atoms with Gasteiger partial charge in [0, 0.05) is 31.9 Å². The molecule has 7 heteroatoms. The molecular weight excluding hydrogens is 300 g/mol. The number of aryl methyl sites for hydroxylation is 1. The zero-order chi connectivity index (χ0) is 15.5. The van der Waals surface area contributed by atoms with E-state index >= 15 is 0 Å². The van der Waals surface area contributed by atoms with Gasteiger partial charge in [0.1, 0.15) is 11.6 Å². The summed E-state index contributed by atoms with van der Waals surface area (Å²) in [6.45, 7) is 4.83. The Morgan fingerprint density at radius 3 is 2.41 bits per heavy atom. The minimum atomic E-state index is -0.0139. The van der Waals surface area contributed by atoms with Gasteiger partial charge in [0.25, 0.3) is 5.91 Å². The predicted molar refractivity (Wildman–Crippen MR) is 85.8 cm³/mol. The highest BCUT2D eigenvalue weighted by Gasteiger charge is 2.24. The molecule has 0 atom stereocenters. The summed E-state index contributed by atoms with van der Waals surface area (Å²) in [4.78, 5) is 20.6. The van der Waals surface area contributed by atoms with Crippen LogP contribution in [0.25, 0.3) is 0 Å². The number of aromatic nitrogens is 2. The third kappa shape index (κ3) is 3.04. The van der Waals surface area contributed by atoms with Gasteiger partial charge in [-0.25, -0.2) is 4.98 Å². The molecule has 6 nitrogen and oxygen atoms in total. The van der Waals surface area contributed by atoms with E-state index in [2.05, 4.69) is 14.3 Å². The zero-order valence-corrected chi connectivity index (χ0v) is 13.5. The number of nitrogens with zero attached hydrogens (tertiary/aromatic N) is 4. The highest BCUT2D eigenvalue weighted by molar-refractivity contribution is 7.07. The lowest BCUT2D eigenvalue weighted by molar-refractivity contribution is 0.0746. The standard InChI is InChI=1S/C15H18N4O2S/c1-11-16-14(22-17-11)15(20)19-9-7-18(8-10-19)12-3-5-13(21-2)6-4-12/h3-6H,7-10H2,1-2H3. The maximum atomic E-state index is 12.3. The van der Waals surface area contributed by atoms with Crippen LogP contribution >= 0.6 is 11.5 Å². The highest BCUT2D eigenvalue weighted by Crippen LogP contribution is 2.21. The van der Waals surface area contributed by atoms with Crippen molar-refractivity contribution in [2.24, 2.45) is 0 Å². The van der Waals surface area contributed by atoms with Gasteiger partial charge < -0.3 is 14.5 Å². The third-order valence-electron chi connectivity index (χ3n) is 3.71. The van der Waals surface area contributed by atoms with E-state index in [-0.39, 0.29) is 5.91 Å². The summed E-state index contributed by atoms with van der Waals surface area (Å²) in [5.41, 5.74) is 1.15. The molecule has 2 aromatic rings. The second-order valence-electron chi connectivity index (χ2n) is 5.12.